The van der Waals surface area contributed by atoms with E-state index in [9.17, 15) is 8.42 Å². The fourth-order valence-electron chi connectivity index (χ4n) is 4.44. The molecule has 0 bridgehead atoms. The van der Waals surface area contributed by atoms with Crippen molar-refractivity contribution in [3.63, 3.8) is 0 Å². The monoisotopic (exact) mass is 351 g/mol. The van der Waals surface area contributed by atoms with E-state index in [0.29, 0.717) is 25.6 Å². The highest BCUT2D eigenvalue weighted by Crippen LogP contribution is 2.37. The molecule has 0 spiro atoms. The second-order valence-corrected chi connectivity index (χ2v) is 8.84. The fraction of sp³-hybridized carbons (Fsp3) is 1.00. The zero-order chi connectivity index (χ0) is 14.9. The van der Waals surface area contributed by atoms with Crippen LogP contribution in [-0.4, -0.2) is 49.2 Å². The van der Waals surface area contributed by atoms with E-state index in [0.717, 1.165) is 38.1 Å². The van der Waals surface area contributed by atoms with Crippen LogP contribution >= 0.6 is 12.4 Å². The first-order valence-electron chi connectivity index (χ1n) is 8.60. The molecule has 5 nitrogen and oxygen atoms in total. The molecule has 0 aromatic rings. The Morgan fingerprint density at radius 2 is 1.59 bits per heavy atom. The molecule has 2 heterocycles. The Kier molecular flexibility index (Phi) is 6.54. The summed E-state index contributed by atoms with van der Waals surface area (Å²) in [6, 6.07) is 0.00725. The number of nitrogens with two attached hydrogens (primary N) is 1. The van der Waals surface area contributed by atoms with Crippen molar-refractivity contribution in [2.75, 3.05) is 26.2 Å². The summed E-state index contributed by atoms with van der Waals surface area (Å²) in [5.74, 6) is 1.35. The SMILES string of the molecule is Cl.NCC1CCCCN1S(=O)(=O)N1CCC2CCCCC2C1. The molecular weight excluding hydrogens is 322 g/mol. The van der Waals surface area contributed by atoms with Gasteiger partial charge in [0, 0.05) is 32.2 Å². The Balaban J connectivity index is 0.00000176. The summed E-state index contributed by atoms with van der Waals surface area (Å²) < 4.78 is 29.4. The van der Waals surface area contributed by atoms with Crippen molar-refractivity contribution >= 4 is 22.6 Å². The Labute approximate surface area is 141 Å². The number of piperidine rings is 2. The molecule has 2 saturated heterocycles. The van der Waals surface area contributed by atoms with Crippen LogP contribution in [0.5, 0.6) is 0 Å². The normalized spacial score (nSPS) is 34.7. The molecule has 1 aliphatic carbocycles. The minimum Gasteiger partial charge on any atom is -0.329 e. The van der Waals surface area contributed by atoms with Gasteiger partial charge in [0.1, 0.15) is 0 Å². The zero-order valence-electron chi connectivity index (χ0n) is 13.3. The van der Waals surface area contributed by atoms with Gasteiger partial charge in [0.2, 0.25) is 0 Å². The second kappa shape index (κ2) is 7.79. The van der Waals surface area contributed by atoms with Gasteiger partial charge in [0.05, 0.1) is 0 Å². The molecule has 2 aliphatic heterocycles. The summed E-state index contributed by atoms with van der Waals surface area (Å²) >= 11 is 0. The third kappa shape index (κ3) is 3.61. The summed E-state index contributed by atoms with van der Waals surface area (Å²) in [5.41, 5.74) is 5.80. The molecule has 1 saturated carbocycles. The largest absolute Gasteiger partial charge is 0.329 e. The van der Waals surface area contributed by atoms with Crippen LogP contribution in [-0.2, 0) is 10.2 Å². The Hall–Kier alpha value is 0.120. The van der Waals surface area contributed by atoms with Gasteiger partial charge in [0.25, 0.3) is 10.2 Å². The molecule has 0 amide bonds. The number of hydrogen-bond acceptors (Lipinski definition) is 3. The van der Waals surface area contributed by atoms with E-state index >= 15 is 0 Å². The highest BCUT2D eigenvalue weighted by molar-refractivity contribution is 7.86. The Bertz CT molecular complexity index is 460. The van der Waals surface area contributed by atoms with Crippen LogP contribution in [0.4, 0.5) is 0 Å². The topological polar surface area (TPSA) is 66.6 Å². The fourth-order valence-corrected chi connectivity index (χ4v) is 6.38. The Morgan fingerprint density at radius 1 is 0.909 bits per heavy atom. The van der Waals surface area contributed by atoms with E-state index < -0.39 is 10.2 Å². The standard InChI is InChI=1S/C15H29N3O2S.ClH/c16-11-15-7-3-4-9-18(15)21(19,20)17-10-8-13-5-1-2-6-14(13)12-17;/h13-15H,1-12,16H2;1H. The average molecular weight is 352 g/mol. The zero-order valence-corrected chi connectivity index (χ0v) is 15.0. The molecule has 22 heavy (non-hydrogen) atoms. The summed E-state index contributed by atoms with van der Waals surface area (Å²) in [7, 11) is -3.31. The predicted molar refractivity (Wildman–Crippen MR) is 91.2 cm³/mol. The van der Waals surface area contributed by atoms with Gasteiger partial charge in [-0.05, 0) is 37.5 Å². The molecule has 0 aromatic heterocycles. The quantitative estimate of drug-likeness (QED) is 0.845. The van der Waals surface area contributed by atoms with E-state index in [-0.39, 0.29) is 18.4 Å². The molecule has 3 aliphatic rings. The van der Waals surface area contributed by atoms with E-state index in [1.165, 1.54) is 25.7 Å². The van der Waals surface area contributed by atoms with Crippen molar-refractivity contribution in [1.82, 2.24) is 8.61 Å². The molecule has 3 atom stereocenters. The lowest BCUT2D eigenvalue weighted by Gasteiger charge is -2.44. The van der Waals surface area contributed by atoms with Gasteiger partial charge in [-0.15, -0.1) is 12.4 Å². The number of hydrogen-bond donors (Lipinski definition) is 1. The highest BCUT2D eigenvalue weighted by atomic mass is 35.5. The smallest absolute Gasteiger partial charge is 0.282 e. The van der Waals surface area contributed by atoms with Crippen LogP contribution in [0, 0.1) is 11.8 Å². The molecule has 3 rings (SSSR count). The highest BCUT2D eigenvalue weighted by Gasteiger charge is 2.40. The number of rotatable bonds is 3. The van der Waals surface area contributed by atoms with Crippen molar-refractivity contribution in [2.45, 2.75) is 57.4 Å². The molecule has 3 unspecified atom stereocenters. The van der Waals surface area contributed by atoms with Crippen LogP contribution in [0.25, 0.3) is 0 Å². The first-order chi connectivity index (χ1) is 10.1. The van der Waals surface area contributed by atoms with Gasteiger partial charge in [-0.2, -0.15) is 17.0 Å². The van der Waals surface area contributed by atoms with Gasteiger partial charge >= 0.3 is 0 Å². The van der Waals surface area contributed by atoms with Crippen LogP contribution in [0.3, 0.4) is 0 Å². The number of fused-ring (bicyclic) bond motifs is 1. The minimum absolute atomic E-state index is 0. The van der Waals surface area contributed by atoms with Crippen molar-refractivity contribution in [3.05, 3.63) is 0 Å². The van der Waals surface area contributed by atoms with E-state index in [4.69, 9.17) is 5.73 Å². The first-order valence-corrected chi connectivity index (χ1v) is 9.99. The maximum Gasteiger partial charge on any atom is 0.282 e. The van der Waals surface area contributed by atoms with Crippen molar-refractivity contribution < 1.29 is 8.42 Å². The lowest BCUT2D eigenvalue weighted by molar-refractivity contribution is 0.126. The average Bonchev–Trinajstić information content (AvgIpc) is 2.54. The van der Waals surface area contributed by atoms with E-state index in [1.54, 1.807) is 8.61 Å². The molecule has 7 heteroatoms. The van der Waals surface area contributed by atoms with E-state index in [2.05, 4.69) is 0 Å². The molecule has 0 radical (unpaired) electrons. The van der Waals surface area contributed by atoms with E-state index in [1.807, 2.05) is 0 Å². The van der Waals surface area contributed by atoms with Crippen LogP contribution in [0.1, 0.15) is 51.4 Å². The predicted octanol–water partition coefficient (Wildman–Crippen LogP) is 1.98. The summed E-state index contributed by atoms with van der Waals surface area (Å²) in [4.78, 5) is 0. The lowest BCUT2D eigenvalue weighted by Crippen LogP contribution is -2.55. The third-order valence-electron chi connectivity index (χ3n) is 5.72. The number of nitrogens with zero attached hydrogens (tertiary/aromatic N) is 2. The summed E-state index contributed by atoms with van der Waals surface area (Å²) in [6.45, 7) is 2.53. The van der Waals surface area contributed by atoms with Crippen LogP contribution < -0.4 is 5.73 Å². The molecule has 0 aromatic carbocycles. The molecule has 3 fully saturated rings. The van der Waals surface area contributed by atoms with Gasteiger partial charge < -0.3 is 5.73 Å². The van der Waals surface area contributed by atoms with Crippen LogP contribution in [0.15, 0.2) is 0 Å². The molecule has 130 valence electrons. The maximum absolute atomic E-state index is 13.0. The molecule has 2 N–H and O–H groups in total. The first kappa shape index (κ1) is 18.5. The molecular formula is C15H30ClN3O2S. The maximum atomic E-state index is 13.0. The van der Waals surface area contributed by atoms with Crippen molar-refractivity contribution in [3.8, 4) is 0 Å². The van der Waals surface area contributed by atoms with Crippen molar-refractivity contribution in [2.24, 2.45) is 17.6 Å². The van der Waals surface area contributed by atoms with Gasteiger partial charge in [0.15, 0.2) is 0 Å². The second-order valence-electron chi connectivity index (χ2n) is 6.96. The van der Waals surface area contributed by atoms with Gasteiger partial charge in [-0.25, -0.2) is 0 Å². The summed E-state index contributed by atoms with van der Waals surface area (Å²) in [6.07, 6.45) is 9.12. The lowest BCUT2D eigenvalue weighted by atomic mass is 9.76. The van der Waals surface area contributed by atoms with Crippen LogP contribution in [0.2, 0.25) is 0 Å². The Morgan fingerprint density at radius 3 is 2.32 bits per heavy atom. The minimum atomic E-state index is -3.31. The van der Waals surface area contributed by atoms with Gasteiger partial charge in [-0.3, -0.25) is 0 Å². The number of halogens is 1. The summed E-state index contributed by atoms with van der Waals surface area (Å²) in [5, 5.41) is 0. The van der Waals surface area contributed by atoms with Gasteiger partial charge in [-0.1, -0.05) is 25.7 Å². The third-order valence-corrected chi connectivity index (χ3v) is 7.78. The van der Waals surface area contributed by atoms with Crippen molar-refractivity contribution in [1.29, 1.82) is 0 Å².